The van der Waals surface area contributed by atoms with Crippen LogP contribution in [0.25, 0.3) is 0 Å². The molecule has 0 atom stereocenters. The highest BCUT2D eigenvalue weighted by atomic mass is 79.9. The van der Waals surface area contributed by atoms with Crippen LogP contribution >= 0.6 is 27.3 Å². The first-order chi connectivity index (χ1) is 12.9. The number of rotatable bonds is 12. The number of nitrogens with zero attached hydrogens (tertiary/aromatic N) is 1. The van der Waals surface area contributed by atoms with Crippen molar-refractivity contribution in [2.45, 2.75) is 37.0 Å². The quantitative estimate of drug-likeness (QED) is 0.393. The fourth-order valence-electron chi connectivity index (χ4n) is 2.49. The SMILES string of the molecule is CNCCCCCCCNc1cc(F)c(S(=O)(=O)Nc2nccs2)cc1Br. The number of benzene rings is 1. The van der Waals surface area contributed by atoms with Crippen molar-refractivity contribution in [2.75, 3.05) is 30.2 Å². The van der Waals surface area contributed by atoms with Crippen LogP contribution in [0.2, 0.25) is 0 Å². The topological polar surface area (TPSA) is 83.1 Å². The first-order valence-corrected chi connectivity index (χ1v) is 11.9. The zero-order valence-electron chi connectivity index (χ0n) is 15.1. The number of halogens is 2. The molecular weight excluding hydrogens is 455 g/mol. The Morgan fingerprint density at radius 1 is 1.15 bits per heavy atom. The molecule has 0 spiro atoms. The zero-order valence-corrected chi connectivity index (χ0v) is 18.3. The summed E-state index contributed by atoms with van der Waals surface area (Å²) in [5.74, 6) is -0.808. The van der Waals surface area contributed by atoms with E-state index in [4.69, 9.17) is 0 Å². The third kappa shape index (κ3) is 7.02. The van der Waals surface area contributed by atoms with Crippen LogP contribution in [-0.2, 0) is 10.0 Å². The van der Waals surface area contributed by atoms with Crippen LogP contribution in [0.5, 0.6) is 0 Å². The van der Waals surface area contributed by atoms with Crippen molar-refractivity contribution in [2.24, 2.45) is 0 Å². The number of hydrogen-bond donors (Lipinski definition) is 3. The summed E-state index contributed by atoms with van der Waals surface area (Å²) in [5, 5.41) is 8.12. The molecule has 3 N–H and O–H groups in total. The molecule has 0 radical (unpaired) electrons. The first-order valence-electron chi connectivity index (χ1n) is 8.74. The highest BCUT2D eigenvalue weighted by molar-refractivity contribution is 9.10. The average molecular weight is 479 g/mol. The largest absolute Gasteiger partial charge is 0.384 e. The van der Waals surface area contributed by atoms with Crippen molar-refractivity contribution in [3.8, 4) is 0 Å². The van der Waals surface area contributed by atoms with Gasteiger partial charge in [0.15, 0.2) is 5.13 Å². The van der Waals surface area contributed by atoms with Gasteiger partial charge in [-0.3, -0.25) is 4.72 Å². The van der Waals surface area contributed by atoms with E-state index in [1.807, 2.05) is 7.05 Å². The van der Waals surface area contributed by atoms with Gasteiger partial charge in [-0.05, 0) is 54.5 Å². The molecule has 2 aromatic rings. The van der Waals surface area contributed by atoms with E-state index in [-0.39, 0.29) is 5.13 Å². The van der Waals surface area contributed by atoms with Gasteiger partial charge in [-0.1, -0.05) is 19.3 Å². The van der Waals surface area contributed by atoms with Gasteiger partial charge >= 0.3 is 0 Å². The van der Waals surface area contributed by atoms with Gasteiger partial charge < -0.3 is 10.6 Å². The van der Waals surface area contributed by atoms with Crippen LogP contribution in [0.15, 0.2) is 33.1 Å². The van der Waals surface area contributed by atoms with Crippen LogP contribution in [0.1, 0.15) is 32.1 Å². The lowest BCUT2D eigenvalue weighted by molar-refractivity contribution is 0.570. The Kier molecular flexibility index (Phi) is 8.94. The smallest absolute Gasteiger partial charge is 0.266 e. The van der Waals surface area contributed by atoms with E-state index in [2.05, 4.69) is 36.3 Å². The Hall–Kier alpha value is -1.23. The second-order valence-electron chi connectivity index (χ2n) is 6.00. The molecule has 0 unspecified atom stereocenters. The molecule has 0 amide bonds. The van der Waals surface area contributed by atoms with E-state index >= 15 is 0 Å². The molecule has 2 rings (SSSR count). The number of aromatic nitrogens is 1. The molecule has 0 aliphatic carbocycles. The molecule has 1 aromatic carbocycles. The van der Waals surface area contributed by atoms with E-state index < -0.39 is 20.7 Å². The number of thiazole rings is 1. The lowest BCUT2D eigenvalue weighted by Crippen LogP contribution is -2.15. The third-order valence-electron chi connectivity index (χ3n) is 3.88. The van der Waals surface area contributed by atoms with E-state index in [9.17, 15) is 12.8 Å². The number of sulfonamides is 1. The molecule has 0 bridgehead atoms. The van der Waals surface area contributed by atoms with Gasteiger partial charge in [-0.25, -0.2) is 17.8 Å². The van der Waals surface area contributed by atoms with Gasteiger partial charge in [-0.15, -0.1) is 11.3 Å². The Bertz CT molecular complexity index is 817. The number of unbranched alkanes of at least 4 members (excludes halogenated alkanes) is 4. The summed E-state index contributed by atoms with van der Waals surface area (Å²) in [4.78, 5) is 3.44. The fourth-order valence-corrected chi connectivity index (χ4v) is 5.00. The minimum absolute atomic E-state index is 0.197. The van der Waals surface area contributed by atoms with Gasteiger partial charge in [0.2, 0.25) is 0 Å². The summed E-state index contributed by atoms with van der Waals surface area (Å²) in [5.41, 5.74) is 0.538. The molecule has 10 heteroatoms. The van der Waals surface area contributed by atoms with Crippen LogP contribution in [0, 0.1) is 5.82 Å². The Morgan fingerprint density at radius 2 is 1.85 bits per heavy atom. The van der Waals surface area contributed by atoms with Gasteiger partial charge in [0.05, 0.1) is 5.69 Å². The van der Waals surface area contributed by atoms with E-state index in [0.717, 1.165) is 30.7 Å². The average Bonchev–Trinajstić information content (AvgIpc) is 3.11. The molecular formula is C17H24BrFN4O2S2. The molecule has 0 saturated heterocycles. The van der Waals surface area contributed by atoms with Crippen LogP contribution in [-0.4, -0.2) is 33.5 Å². The van der Waals surface area contributed by atoms with E-state index in [1.54, 1.807) is 5.38 Å². The predicted octanol–water partition coefficient (Wildman–Crippen LogP) is 4.43. The molecule has 0 fully saturated rings. The predicted molar refractivity (Wildman–Crippen MR) is 113 cm³/mol. The maximum atomic E-state index is 14.4. The van der Waals surface area contributed by atoms with Gasteiger partial charge in [0.1, 0.15) is 10.7 Å². The maximum Gasteiger partial charge on any atom is 0.266 e. The summed E-state index contributed by atoms with van der Waals surface area (Å²) in [6, 6.07) is 2.47. The minimum Gasteiger partial charge on any atom is -0.384 e. The second-order valence-corrected chi connectivity index (χ2v) is 9.40. The Morgan fingerprint density at radius 3 is 2.52 bits per heavy atom. The second kappa shape index (κ2) is 10.9. The van der Waals surface area contributed by atoms with Crippen molar-refractivity contribution < 1.29 is 12.8 Å². The van der Waals surface area contributed by atoms with E-state index in [1.165, 1.54) is 37.6 Å². The number of nitrogens with one attached hydrogen (secondary N) is 3. The summed E-state index contributed by atoms with van der Waals surface area (Å²) in [6.07, 6.45) is 7.07. The van der Waals surface area contributed by atoms with Crippen LogP contribution < -0.4 is 15.4 Å². The minimum atomic E-state index is -4.03. The van der Waals surface area contributed by atoms with Crippen LogP contribution in [0.4, 0.5) is 15.2 Å². The zero-order chi connectivity index (χ0) is 19.7. The van der Waals surface area contributed by atoms with Gasteiger partial charge in [-0.2, -0.15) is 0 Å². The maximum absolute atomic E-state index is 14.4. The molecule has 150 valence electrons. The van der Waals surface area contributed by atoms with Gasteiger partial charge in [0.25, 0.3) is 10.0 Å². The summed E-state index contributed by atoms with van der Waals surface area (Å²) >= 11 is 4.45. The fraction of sp³-hybridized carbons (Fsp3) is 0.471. The monoisotopic (exact) mass is 478 g/mol. The van der Waals surface area contributed by atoms with Crippen molar-refractivity contribution in [3.05, 3.63) is 34.0 Å². The summed E-state index contributed by atoms with van der Waals surface area (Å²) < 4.78 is 41.9. The highest BCUT2D eigenvalue weighted by Crippen LogP contribution is 2.30. The molecule has 0 aliphatic heterocycles. The lowest BCUT2D eigenvalue weighted by Gasteiger charge is -2.12. The third-order valence-corrected chi connectivity index (χ3v) is 6.71. The number of anilines is 2. The molecule has 6 nitrogen and oxygen atoms in total. The van der Waals surface area contributed by atoms with Crippen molar-refractivity contribution in [1.82, 2.24) is 10.3 Å². The van der Waals surface area contributed by atoms with Gasteiger partial charge in [0, 0.05) is 22.6 Å². The standard InChI is InChI=1S/C17H24BrFN4O2S2/c1-20-7-5-3-2-4-6-8-21-15-12-14(19)16(11-13(15)18)27(24,25)23-17-22-9-10-26-17/h9-12,20-21H,2-8H2,1H3,(H,22,23). The lowest BCUT2D eigenvalue weighted by atomic mass is 10.1. The number of hydrogen-bond acceptors (Lipinski definition) is 6. The van der Waals surface area contributed by atoms with Crippen LogP contribution in [0.3, 0.4) is 0 Å². The van der Waals surface area contributed by atoms with Crippen molar-refractivity contribution in [1.29, 1.82) is 0 Å². The molecule has 1 aromatic heterocycles. The first kappa shape index (κ1) is 22.1. The Balaban J connectivity index is 1.90. The van der Waals surface area contributed by atoms with Crippen molar-refractivity contribution >= 4 is 48.1 Å². The Labute approximate surface area is 172 Å². The molecule has 0 aliphatic rings. The van der Waals surface area contributed by atoms with Crippen molar-refractivity contribution in [3.63, 3.8) is 0 Å². The molecule has 1 heterocycles. The van der Waals surface area contributed by atoms with E-state index in [0.29, 0.717) is 16.7 Å². The normalized spacial score (nSPS) is 11.5. The molecule has 0 saturated carbocycles. The molecule has 27 heavy (non-hydrogen) atoms. The highest BCUT2D eigenvalue weighted by Gasteiger charge is 2.22. The summed E-state index contributed by atoms with van der Waals surface area (Å²) in [6.45, 7) is 1.74. The summed E-state index contributed by atoms with van der Waals surface area (Å²) in [7, 11) is -2.08.